The van der Waals surface area contributed by atoms with Crippen molar-refractivity contribution < 1.29 is 0 Å². The third kappa shape index (κ3) is 2.26. The minimum atomic E-state index is 0.887. The zero-order valence-corrected chi connectivity index (χ0v) is 11.6. The summed E-state index contributed by atoms with van der Waals surface area (Å²) in [5.74, 6) is 0. The Morgan fingerprint density at radius 2 is 2.06 bits per heavy atom. The van der Waals surface area contributed by atoms with Gasteiger partial charge in [-0.3, -0.25) is 0 Å². The van der Waals surface area contributed by atoms with Crippen LogP contribution in [0.2, 0.25) is 0 Å². The van der Waals surface area contributed by atoms with E-state index in [4.69, 9.17) is 0 Å². The van der Waals surface area contributed by atoms with Crippen LogP contribution in [0.4, 0.5) is 0 Å². The largest absolute Gasteiger partial charge is 0.244 e. The lowest BCUT2D eigenvalue weighted by Gasteiger charge is -2.04. The molecule has 0 aliphatic heterocycles. The normalized spacial score (nSPS) is 10.9. The summed E-state index contributed by atoms with van der Waals surface area (Å²) in [6.45, 7) is 0. The van der Waals surface area contributed by atoms with E-state index in [-0.39, 0.29) is 0 Å². The molecule has 1 aromatic carbocycles. The van der Waals surface area contributed by atoms with Crippen LogP contribution in [0.25, 0.3) is 10.3 Å². The summed E-state index contributed by atoms with van der Waals surface area (Å²) < 4.78 is 0. The van der Waals surface area contributed by atoms with E-state index >= 15 is 0 Å². The highest BCUT2D eigenvalue weighted by atomic mass is 32.2. The quantitative estimate of drug-likeness (QED) is 0.674. The first-order valence-corrected chi connectivity index (χ1v) is 7.73. The van der Waals surface area contributed by atoms with E-state index in [1.54, 1.807) is 23.1 Å². The Bertz CT molecular complexity index is 643. The topological polar surface area (TPSA) is 25.8 Å². The Kier molecular flexibility index (Phi) is 3.30. The van der Waals surface area contributed by atoms with Crippen LogP contribution in [0.5, 0.6) is 0 Å². The SMILES string of the molecule is CSc1ccccc1Cc1nc2cccnc2s1. The van der Waals surface area contributed by atoms with Gasteiger partial charge < -0.3 is 0 Å². The molecule has 0 saturated carbocycles. The molecule has 2 heterocycles. The fourth-order valence-corrected chi connectivity index (χ4v) is 3.45. The number of aromatic nitrogens is 2. The molecule has 4 heteroatoms. The highest BCUT2D eigenvalue weighted by Gasteiger charge is 2.07. The second-order valence-electron chi connectivity index (χ2n) is 3.92. The van der Waals surface area contributed by atoms with Crippen LogP contribution in [0, 0.1) is 0 Å². The molecule has 2 aromatic heterocycles. The van der Waals surface area contributed by atoms with Crippen LogP contribution in [-0.4, -0.2) is 16.2 Å². The maximum absolute atomic E-state index is 4.63. The standard InChI is InChI=1S/C14H12N2S2/c1-17-12-7-3-2-5-10(12)9-13-16-11-6-4-8-15-14(11)18-13/h2-8H,9H2,1H3. The average molecular weight is 272 g/mol. The number of rotatable bonds is 3. The third-order valence-electron chi connectivity index (χ3n) is 2.74. The molecule has 3 rings (SSSR count). The van der Waals surface area contributed by atoms with Gasteiger partial charge in [-0.05, 0) is 30.0 Å². The zero-order valence-electron chi connectivity index (χ0n) is 9.96. The van der Waals surface area contributed by atoms with Crippen LogP contribution >= 0.6 is 23.1 Å². The smallest absolute Gasteiger partial charge is 0.143 e. The second-order valence-corrected chi connectivity index (χ2v) is 5.83. The molecule has 0 atom stereocenters. The molecule has 0 fully saturated rings. The number of thioether (sulfide) groups is 1. The van der Waals surface area contributed by atoms with Gasteiger partial charge in [0.15, 0.2) is 0 Å². The summed E-state index contributed by atoms with van der Waals surface area (Å²) in [6.07, 6.45) is 4.82. The van der Waals surface area contributed by atoms with Gasteiger partial charge >= 0.3 is 0 Å². The summed E-state index contributed by atoms with van der Waals surface area (Å²) in [4.78, 5) is 11.3. The third-order valence-corrected chi connectivity index (χ3v) is 4.56. The van der Waals surface area contributed by atoms with Crippen molar-refractivity contribution >= 4 is 33.4 Å². The fourth-order valence-electron chi connectivity index (χ4n) is 1.90. The van der Waals surface area contributed by atoms with Crippen LogP contribution in [-0.2, 0) is 6.42 Å². The van der Waals surface area contributed by atoms with Gasteiger partial charge in [0.05, 0.1) is 5.01 Å². The molecule has 3 aromatic rings. The molecule has 0 bridgehead atoms. The van der Waals surface area contributed by atoms with E-state index < -0.39 is 0 Å². The van der Waals surface area contributed by atoms with E-state index in [0.717, 1.165) is 21.8 Å². The lowest BCUT2D eigenvalue weighted by Crippen LogP contribution is -1.89. The molecule has 0 aliphatic rings. The predicted octanol–water partition coefficient (Wildman–Crippen LogP) is 4.00. The average Bonchev–Trinajstić information content (AvgIpc) is 2.81. The van der Waals surface area contributed by atoms with Crippen LogP contribution in [0.15, 0.2) is 47.5 Å². The maximum Gasteiger partial charge on any atom is 0.143 e. The molecule has 0 amide bonds. The lowest BCUT2D eigenvalue weighted by atomic mass is 10.1. The predicted molar refractivity (Wildman–Crippen MR) is 78.4 cm³/mol. The van der Waals surface area contributed by atoms with Crippen molar-refractivity contribution in [2.45, 2.75) is 11.3 Å². The molecule has 2 nitrogen and oxygen atoms in total. The summed E-state index contributed by atoms with van der Waals surface area (Å²) in [5, 5.41) is 1.13. The Morgan fingerprint density at radius 1 is 1.17 bits per heavy atom. The second kappa shape index (κ2) is 5.08. The Balaban J connectivity index is 1.96. The van der Waals surface area contributed by atoms with Crippen molar-refractivity contribution in [3.8, 4) is 0 Å². The zero-order chi connectivity index (χ0) is 12.4. The number of thiazole rings is 1. The first-order chi connectivity index (χ1) is 8.86. The minimum absolute atomic E-state index is 0.887. The van der Waals surface area contributed by atoms with Crippen molar-refractivity contribution in [2.75, 3.05) is 6.26 Å². The molecular weight excluding hydrogens is 260 g/mol. The fraction of sp³-hybridized carbons (Fsp3) is 0.143. The van der Waals surface area contributed by atoms with E-state index in [0.29, 0.717) is 0 Å². The molecular formula is C14H12N2S2. The Labute approximate surface area is 114 Å². The van der Waals surface area contributed by atoms with E-state index in [1.165, 1.54) is 10.5 Å². The lowest BCUT2D eigenvalue weighted by molar-refractivity contribution is 1.10. The van der Waals surface area contributed by atoms with Crippen molar-refractivity contribution in [2.24, 2.45) is 0 Å². The van der Waals surface area contributed by atoms with E-state index in [9.17, 15) is 0 Å². The van der Waals surface area contributed by atoms with Gasteiger partial charge in [-0.2, -0.15) is 0 Å². The summed E-state index contributed by atoms with van der Waals surface area (Å²) in [7, 11) is 0. The number of hydrogen-bond acceptors (Lipinski definition) is 4. The molecule has 18 heavy (non-hydrogen) atoms. The van der Waals surface area contributed by atoms with Crippen LogP contribution in [0.3, 0.4) is 0 Å². The summed E-state index contributed by atoms with van der Waals surface area (Å²) in [6, 6.07) is 12.4. The van der Waals surface area contributed by atoms with Crippen molar-refractivity contribution in [1.82, 2.24) is 9.97 Å². The first kappa shape index (κ1) is 11.7. The van der Waals surface area contributed by atoms with Crippen molar-refractivity contribution in [3.05, 3.63) is 53.2 Å². The van der Waals surface area contributed by atoms with Crippen molar-refractivity contribution in [3.63, 3.8) is 0 Å². The molecule has 0 spiro atoms. The van der Waals surface area contributed by atoms with Gasteiger partial charge in [0.25, 0.3) is 0 Å². The monoisotopic (exact) mass is 272 g/mol. The van der Waals surface area contributed by atoms with Gasteiger partial charge in [0.2, 0.25) is 0 Å². The Morgan fingerprint density at radius 3 is 2.89 bits per heavy atom. The molecule has 0 N–H and O–H groups in total. The number of hydrogen-bond donors (Lipinski definition) is 0. The molecule has 0 saturated heterocycles. The highest BCUT2D eigenvalue weighted by molar-refractivity contribution is 7.98. The van der Waals surface area contributed by atoms with Gasteiger partial charge in [0, 0.05) is 17.5 Å². The van der Waals surface area contributed by atoms with Gasteiger partial charge in [-0.25, -0.2) is 9.97 Å². The molecule has 0 radical (unpaired) electrons. The van der Waals surface area contributed by atoms with Gasteiger partial charge in [-0.15, -0.1) is 11.8 Å². The van der Waals surface area contributed by atoms with E-state index in [2.05, 4.69) is 40.5 Å². The van der Waals surface area contributed by atoms with Gasteiger partial charge in [0.1, 0.15) is 10.3 Å². The van der Waals surface area contributed by atoms with Crippen molar-refractivity contribution in [1.29, 1.82) is 0 Å². The number of nitrogens with zero attached hydrogens (tertiary/aromatic N) is 2. The van der Waals surface area contributed by atoms with E-state index in [1.807, 2.05) is 18.3 Å². The highest BCUT2D eigenvalue weighted by Crippen LogP contribution is 2.26. The maximum atomic E-state index is 4.63. The molecule has 0 unspecified atom stereocenters. The number of pyridine rings is 1. The number of benzene rings is 1. The summed E-state index contributed by atoms with van der Waals surface area (Å²) in [5.41, 5.74) is 2.34. The Hall–Kier alpha value is -1.39. The van der Waals surface area contributed by atoms with Crippen LogP contribution in [0.1, 0.15) is 10.6 Å². The molecule has 0 aliphatic carbocycles. The first-order valence-electron chi connectivity index (χ1n) is 5.69. The van der Waals surface area contributed by atoms with Gasteiger partial charge in [-0.1, -0.05) is 29.5 Å². The summed E-state index contributed by atoms with van der Waals surface area (Å²) >= 11 is 3.46. The number of fused-ring (bicyclic) bond motifs is 1. The molecule has 90 valence electrons. The van der Waals surface area contributed by atoms with Crippen LogP contribution < -0.4 is 0 Å². The minimum Gasteiger partial charge on any atom is -0.244 e.